The average Bonchev–Trinajstić information content (AvgIpc) is 2.65. The van der Waals surface area contributed by atoms with Crippen LogP contribution in [0.5, 0.6) is 5.75 Å². The van der Waals surface area contributed by atoms with Crippen molar-refractivity contribution in [3.63, 3.8) is 0 Å². The lowest BCUT2D eigenvalue weighted by molar-refractivity contribution is -0.609. The van der Waals surface area contributed by atoms with E-state index in [1.54, 1.807) is 13.2 Å². The Bertz CT molecular complexity index is 893. The van der Waals surface area contributed by atoms with Gasteiger partial charge in [0.25, 0.3) is 0 Å². The van der Waals surface area contributed by atoms with E-state index in [1.807, 2.05) is 54.6 Å². The summed E-state index contributed by atoms with van der Waals surface area (Å²) in [6, 6.07) is 18.8. The molecule has 0 amide bonds. The number of methoxy groups -OCH3 is 1. The summed E-state index contributed by atoms with van der Waals surface area (Å²) >= 11 is 2.84. The predicted octanol–water partition coefficient (Wildman–Crippen LogP) is 3.73. The molecule has 2 N–H and O–H groups in total. The molecule has 1 heterocycles. The highest BCUT2D eigenvalue weighted by Crippen LogP contribution is 2.29. The van der Waals surface area contributed by atoms with Crippen molar-refractivity contribution in [3.8, 4) is 5.75 Å². The summed E-state index contributed by atoms with van der Waals surface area (Å²) in [7, 11) is 1.62. The zero-order valence-electron chi connectivity index (χ0n) is 13.5. The van der Waals surface area contributed by atoms with Crippen LogP contribution in [0, 0.1) is 4.91 Å². The van der Waals surface area contributed by atoms with Gasteiger partial charge in [-0.15, -0.1) is 5.10 Å². The van der Waals surface area contributed by atoms with Crippen LogP contribution in [0.4, 0.5) is 0 Å². The maximum Gasteiger partial charge on any atom is 0.330 e. The van der Waals surface area contributed by atoms with Gasteiger partial charge in [0.1, 0.15) is 10.8 Å². The molecule has 5 nitrogen and oxygen atoms in total. The van der Waals surface area contributed by atoms with Gasteiger partial charge in [0.2, 0.25) is 0 Å². The molecule has 1 aromatic heterocycles. The Kier molecular flexibility index (Phi) is 5.80. The molecule has 0 saturated heterocycles. The molecule has 128 valence electrons. The van der Waals surface area contributed by atoms with Crippen molar-refractivity contribution >= 4 is 23.5 Å². The molecule has 0 unspecified atom stereocenters. The van der Waals surface area contributed by atoms with Crippen LogP contribution in [0.25, 0.3) is 0 Å². The summed E-state index contributed by atoms with van der Waals surface area (Å²) in [5.41, 5.74) is 0.860. The minimum Gasteiger partial charge on any atom is -0.497 e. The van der Waals surface area contributed by atoms with Gasteiger partial charge in [0, 0.05) is 15.9 Å². The van der Waals surface area contributed by atoms with E-state index in [0.717, 1.165) is 30.7 Å². The Morgan fingerprint density at radius 3 is 2.20 bits per heavy atom. The molecule has 0 aliphatic rings. The van der Waals surface area contributed by atoms with Crippen LogP contribution in [0.3, 0.4) is 0 Å². The van der Waals surface area contributed by atoms with E-state index in [9.17, 15) is 4.91 Å². The predicted molar refractivity (Wildman–Crippen MR) is 97.8 cm³/mol. The molecule has 0 spiro atoms. The minimum atomic E-state index is 0.0227. The second-order valence-corrected chi connectivity index (χ2v) is 7.33. The summed E-state index contributed by atoms with van der Waals surface area (Å²) in [5.74, 6) is 0.782. The minimum absolute atomic E-state index is 0.0227. The molecule has 2 aromatic carbocycles. The van der Waals surface area contributed by atoms with Gasteiger partial charge in [-0.1, -0.05) is 23.9 Å². The third-order valence-electron chi connectivity index (χ3n) is 3.40. The Morgan fingerprint density at radius 2 is 1.60 bits per heavy atom. The molecule has 0 radical (unpaired) electrons. The average molecular weight is 373 g/mol. The second-order valence-electron chi connectivity index (χ2n) is 5.12. The van der Waals surface area contributed by atoms with E-state index >= 15 is 0 Å². The van der Waals surface area contributed by atoms with Gasteiger partial charge in [-0.3, -0.25) is 0 Å². The standard InChI is InChI=1S/C18H17N2O3S2/c1-23-14-4-8-16(9-5-14)25-18-11-10-17(19-20(18)22)24-15-6-2-13(12-21)3-7-15/h2-11,21H,12H2,1H3,(H,19,22)/q+1. The molecule has 0 saturated carbocycles. The fraction of sp³-hybridized carbons (Fsp3) is 0.111. The molecular formula is C18H17N2O3S2+. The number of aromatic nitrogens is 2. The van der Waals surface area contributed by atoms with Crippen molar-refractivity contribution in [2.24, 2.45) is 0 Å². The highest BCUT2D eigenvalue weighted by atomic mass is 32.2. The molecule has 25 heavy (non-hydrogen) atoms. The van der Waals surface area contributed by atoms with Gasteiger partial charge in [-0.2, -0.15) is 0 Å². The first-order valence-electron chi connectivity index (χ1n) is 7.53. The van der Waals surface area contributed by atoms with Crippen LogP contribution in [-0.2, 0) is 6.61 Å². The van der Waals surface area contributed by atoms with Crippen molar-refractivity contribution in [1.82, 2.24) is 5.10 Å². The van der Waals surface area contributed by atoms with E-state index in [1.165, 1.54) is 23.5 Å². The summed E-state index contributed by atoms with van der Waals surface area (Å²) in [4.78, 5) is 14.2. The highest BCUT2D eigenvalue weighted by Gasteiger charge is 2.13. The largest absolute Gasteiger partial charge is 0.497 e. The molecule has 0 aliphatic carbocycles. The lowest BCUT2D eigenvalue weighted by Crippen LogP contribution is -2.22. The third kappa shape index (κ3) is 4.66. The number of hydrogen-bond donors (Lipinski definition) is 2. The molecule has 3 aromatic rings. The molecule has 7 heteroatoms. The van der Waals surface area contributed by atoms with Crippen molar-refractivity contribution in [3.05, 3.63) is 71.1 Å². The van der Waals surface area contributed by atoms with Crippen molar-refractivity contribution in [1.29, 1.82) is 0 Å². The third-order valence-corrected chi connectivity index (χ3v) is 5.38. The number of aliphatic hydroxyl groups is 1. The number of H-pyrrole nitrogens is 1. The number of ether oxygens (including phenoxy) is 1. The normalized spacial score (nSPS) is 10.6. The molecule has 0 fully saturated rings. The van der Waals surface area contributed by atoms with E-state index in [-0.39, 0.29) is 6.61 Å². The monoisotopic (exact) mass is 373 g/mol. The molecule has 0 bridgehead atoms. The van der Waals surface area contributed by atoms with Crippen molar-refractivity contribution in [2.75, 3.05) is 7.11 Å². The Morgan fingerprint density at radius 1 is 0.960 bits per heavy atom. The Labute approximate surface area is 153 Å². The summed E-state index contributed by atoms with van der Waals surface area (Å²) in [5, 5.41) is 13.2. The molecule has 0 atom stereocenters. The van der Waals surface area contributed by atoms with Crippen LogP contribution >= 0.6 is 23.5 Å². The van der Waals surface area contributed by atoms with Crippen LogP contribution in [0.1, 0.15) is 5.56 Å². The fourth-order valence-electron chi connectivity index (χ4n) is 2.09. The zero-order chi connectivity index (χ0) is 17.6. The Balaban J connectivity index is 1.72. The van der Waals surface area contributed by atoms with E-state index in [4.69, 9.17) is 9.84 Å². The zero-order valence-corrected chi connectivity index (χ0v) is 15.1. The van der Waals surface area contributed by atoms with Crippen LogP contribution in [-0.4, -0.2) is 17.3 Å². The maximum atomic E-state index is 12.2. The van der Waals surface area contributed by atoms with E-state index in [0.29, 0.717) is 5.03 Å². The topological polar surface area (TPSA) is 68.2 Å². The molecule has 0 aliphatic heterocycles. The second kappa shape index (κ2) is 8.24. The summed E-state index contributed by atoms with van der Waals surface area (Å²) in [6.45, 7) is 0.0227. The van der Waals surface area contributed by atoms with Crippen LogP contribution in [0.2, 0.25) is 0 Å². The highest BCUT2D eigenvalue weighted by molar-refractivity contribution is 7.99. The van der Waals surface area contributed by atoms with Crippen LogP contribution in [0.15, 0.2) is 80.5 Å². The number of benzene rings is 2. The molecule has 3 rings (SSSR count). The van der Waals surface area contributed by atoms with Crippen molar-refractivity contribution in [2.45, 2.75) is 26.4 Å². The van der Waals surface area contributed by atoms with E-state index < -0.39 is 0 Å². The number of nitrogens with one attached hydrogen (secondary N) is 1. The quantitative estimate of drug-likeness (QED) is 0.645. The number of nitrogens with zero attached hydrogens (tertiary/aromatic N) is 1. The van der Waals surface area contributed by atoms with Gasteiger partial charge < -0.3 is 9.84 Å². The summed E-state index contributed by atoms with van der Waals surface area (Å²) in [6.07, 6.45) is 0. The van der Waals surface area contributed by atoms with Gasteiger partial charge in [-0.25, -0.2) is 0 Å². The van der Waals surface area contributed by atoms with Gasteiger partial charge in [0.05, 0.1) is 18.6 Å². The maximum absolute atomic E-state index is 12.2. The summed E-state index contributed by atoms with van der Waals surface area (Å²) < 4.78 is 5.89. The van der Waals surface area contributed by atoms with Gasteiger partial charge >= 0.3 is 5.03 Å². The van der Waals surface area contributed by atoms with Crippen LogP contribution < -0.4 is 9.28 Å². The number of rotatable bonds is 6. The van der Waals surface area contributed by atoms with Gasteiger partial charge in [-0.05, 0) is 59.8 Å². The Hall–Kier alpha value is -2.22. The lowest BCUT2D eigenvalue weighted by atomic mass is 10.2. The first-order valence-corrected chi connectivity index (χ1v) is 9.16. The number of hydrogen-bond acceptors (Lipinski definition) is 5. The SMILES string of the molecule is COc1ccc(Sc2ccc(Sc3ccc(CO)cc3)[nH][n+]2=O)cc1. The smallest absolute Gasteiger partial charge is 0.330 e. The number of aromatic amines is 1. The van der Waals surface area contributed by atoms with E-state index in [2.05, 4.69) is 5.10 Å². The number of aliphatic hydroxyl groups excluding tert-OH is 1. The van der Waals surface area contributed by atoms with Gasteiger partial charge in [0.15, 0.2) is 4.54 Å². The molecular weight excluding hydrogens is 356 g/mol. The lowest BCUT2D eigenvalue weighted by Gasteiger charge is -2.02. The first kappa shape index (κ1) is 17.6. The first-order chi connectivity index (χ1) is 12.2. The van der Waals surface area contributed by atoms with Crippen molar-refractivity contribution < 1.29 is 14.4 Å². The fourth-order valence-corrected chi connectivity index (χ4v) is 3.66.